The van der Waals surface area contributed by atoms with E-state index in [1.165, 1.54) is 51.4 Å². The van der Waals surface area contributed by atoms with Crippen molar-refractivity contribution in [3.8, 4) is 17.0 Å². The highest BCUT2D eigenvalue weighted by molar-refractivity contribution is 5.58. The molecule has 152 valence electrons. The fourth-order valence-corrected chi connectivity index (χ4v) is 4.19. The van der Waals surface area contributed by atoms with Crippen molar-refractivity contribution in [2.45, 2.75) is 78.1 Å². The molecular formula is C25H36N2O. The summed E-state index contributed by atoms with van der Waals surface area (Å²) in [6.45, 7) is 5.30. The number of aromatic nitrogens is 2. The molecule has 3 nitrogen and oxygen atoms in total. The number of ether oxygens (including phenoxy) is 1. The van der Waals surface area contributed by atoms with Gasteiger partial charge in [0.15, 0.2) is 0 Å². The molecule has 0 atom stereocenters. The van der Waals surface area contributed by atoms with E-state index in [2.05, 4.69) is 48.1 Å². The zero-order valence-corrected chi connectivity index (χ0v) is 17.7. The predicted molar refractivity (Wildman–Crippen MR) is 117 cm³/mol. The summed E-state index contributed by atoms with van der Waals surface area (Å²) in [5, 5.41) is 0. The molecule has 1 aromatic carbocycles. The van der Waals surface area contributed by atoms with Gasteiger partial charge in [-0.05, 0) is 55.4 Å². The Morgan fingerprint density at radius 3 is 2.25 bits per heavy atom. The Kier molecular flexibility index (Phi) is 8.32. The largest absolute Gasteiger partial charge is 0.493 e. The monoisotopic (exact) mass is 380 g/mol. The van der Waals surface area contributed by atoms with Gasteiger partial charge in [0.2, 0.25) is 0 Å². The predicted octanol–water partition coefficient (Wildman–Crippen LogP) is 6.86. The van der Waals surface area contributed by atoms with Crippen molar-refractivity contribution in [3.05, 3.63) is 42.4 Å². The van der Waals surface area contributed by atoms with Crippen LogP contribution in [0.2, 0.25) is 0 Å². The Bertz CT molecular complexity index is 673. The smallest absolute Gasteiger partial charge is 0.119 e. The normalized spacial score (nSPS) is 19.5. The highest BCUT2D eigenvalue weighted by Crippen LogP contribution is 2.32. The van der Waals surface area contributed by atoms with Crippen molar-refractivity contribution in [2.24, 2.45) is 11.8 Å². The topological polar surface area (TPSA) is 35.0 Å². The summed E-state index contributed by atoms with van der Waals surface area (Å²) < 4.78 is 6.09. The number of nitrogens with zero attached hydrogens (tertiary/aromatic N) is 2. The number of hydrogen-bond acceptors (Lipinski definition) is 3. The Morgan fingerprint density at radius 1 is 0.857 bits per heavy atom. The van der Waals surface area contributed by atoms with Crippen LogP contribution in [-0.2, 0) is 6.42 Å². The lowest BCUT2D eigenvalue weighted by atomic mass is 9.80. The van der Waals surface area contributed by atoms with Crippen LogP contribution in [0.5, 0.6) is 5.75 Å². The summed E-state index contributed by atoms with van der Waals surface area (Å²) in [6.07, 6.45) is 16.9. The van der Waals surface area contributed by atoms with Crippen molar-refractivity contribution in [1.82, 2.24) is 9.97 Å². The average molecular weight is 381 g/mol. The number of benzene rings is 1. The van der Waals surface area contributed by atoms with Crippen molar-refractivity contribution in [2.75, 3.05) is 6.61 Å². The van der Waals surface area contributed by atoms with Gasteiger partial charge < -0.3 is 4.74 Å². The van der Waals surface area contributed by atoms with Crippen LogP contribution in [0.15, 0.2) is 36.7 Å². The first-order valence-corrected chi connectivity index (χ1v) is 11.3. The fourth-order valence-electron chi connectivity index (χ4n) is 4.19. The molecule has 0 unspecified atom stereocenters. The van der Waals surface area contributed by atoms with Gasteiger partial charge in [-0.1, -0.05) is 58.8 Å². The third-order valence-corrected chi connectivity index (χ3v) is 6.03. The fraction of sp³-hybridized carbons (Fsp3) is 0.600. The van der Waals surface area contributed by atoms with Crippen LogP contribution >= 0.6 is 0 Å². The zero-order chi connectivity index (χ0) is 19.6. The molecule has 1 aromatic heterocycles. The van der Waals surface area contributed by atoms with Crippen LogP contribution < -0.4 is 4.74 Å². The molecule has 2 aromatic rings. The van der Waals surface area contributed by atoms with E-state index >= 15 is 0 Å². The molecule has 0 bridgehead atoms. The highest BCUT2D eigenvalue weighted by atomic mass is 16.5. The Morgan fingerprint density at radius 2 is 1.61 bits per heavy atom. The molecule has 3 heteroatoms. The van der Waals surface area contributed by atoms with Gasteiger partial charge in [0, 0.05) is 11.8 Å². The second-order valence-corrected chi connectivity index (χ2v) is 8.36. The first-order chi connectivity index (χ1) is 13.8. The molecule has 0 N–H and O–H groups in total. The molecule has 0 aliphatic heterocycles. The van der Waals surface area contributed by atoms with Crippen molar-refractivity contribution in [3.63, 3.8) is 0 Å². The van der Waals surface area contributed by atoms with Crippen LogP contribution in [0, 0.1) is 11.8 Å². The van der Waals surface area contributed by atoms with E-state index in [-0.39, 0.29) is 0 Å². The molecular weight excluding hydrogens is 344 g/mol. The molecule has 1 saturated carbocycles. The highest BCUT2D eigenvalue weighted by Gasteiger charge is 2.21. The second kappa shape index (κ2) is 11.2. The first-order valence-electron chi connectivity index (χ1n) is 11.3. The molecule has 1 heterocycles. The molecule has 3 rings (SSSR count). The van der Waals surface area contributed by atoms with Gasteiger partial charge in [-0.15, -0.1) is 0 Å². The van der Waals surface area contributed by atoms with E-state index in [0.29, 0.717) is 0 Å². The van der Waals surface area contributed by atoms with Crippen LogP contribution in [0.3, 0.4) is 0 Å². The number of aryl methyl sites for hydroxylation is 1. The molecule has 1 fully saturated rings. The lowest BCUT2D eigenvalue weighted by Gasteiger charge is -2.28. The van der Waals surface area contributed by atoms with E-state index in [4.69, 9.17) is 4.74 Å². The summed E-state index contributed by atoms with van der Waals surface area (Å²) in [7, 11) is 0. The van der Waals surface area contributed by atoms with Gasteiger partial charge in [-0.3, -0.25) is 9.97 Å². The second-order valence-electron chi connectivity index (χ2n) is 8.36. The Balaban J connectivity index is 1.42. The third kappa shape index (κ3) is 6.32. The summed E-state index contributed by atoms with van der Waals surface area (Å²) in [5.41, 5.74) is 3.08. The minimum absolute atomic E-state index is 0.721. The zero-order valence-electron chi connectivity index (χ0n) is 17.7. The van der Waals surface area contributed by atoms with Gasteiger partial charge in [0.25, 0.3) is 0 Å². The lowest BCUT2D eigenvalue weighted by molar-refractivity contribution is 0.177. The molecule has 1 aliphatic rings. The SMILES string of the molecule is CCCCC[C@H]1CC[C@H](COc2ccc(-c3cnc(CCC)cn3)cc2)CC1. The van der Waals surface area contributed by atoms with E-state index in [0.717, 1.165) is 54.0 Å². The quantitative estimate of drug-likeness (QED) is 0.422. The van der Waals surface area contributed by atoms with Crippen LogP contribution in [-0.4, -0.2) is 16.6 Å². The average Bonchev–Trinajstić information content (AvgIpc) is 2.75. The van der Waals surface area contributed by atoms with Gasteiger partial charge in [0.1, 0.15) is 5.75 Å². The van der Waals surface area contributed by atoms with Crippen LogP contribution in [0.25, 0.3) is 11.3 Å². The van der Waals surface area contributed by atoms with Crippen LogP contribution in [0.1, 0.15) is 77.3 Å². The maximum atomic E-state index is 6.09. The minimum atomic E-state index is 0.721. The summed E-state index contributed by atoms with van der Waals surface area (Å²) in [5.74, 6) is 2.65. The van der Waals surface area contributed by atoms with Gasteiger partial charge >= 0.3 is 0 Å². The van der Waals surface area contributed by atoms with E-state index in [1.807, 2.05) is 12.4 Å². The lowest BCUT2D eigenvalue weighted by Crippen LogP contribution is -2.20. The Labute approximate surface area is 171 Å². The third-order valence-electron chi connectivity index (χ3n) is 6.03. The molecule has 0 saturated heterocycles. The summed E-state index contributed by atoms with van der Waals surface area (Å²) in [6, 6.07) is 8.30. The molecule has 0 spiro atoms. The van der Waals surface area contributed by atoms with Gasteiger partial charge in [-0.2, -0.15) is 0 Å². The van der Waals surface area contributed by atoms with Gasteiger partial charge in [0.05, 0.1) is 24.2 Å². The Hall–Kier alpha value is -1.90. The standard InChI is InChI=1S/C25H36N2O/c1-3-5-6-8-20-9-11-21(12-10-20)19-28-24-15-13-22(14-16-24)25-18-26-23(7-4-2)17-27-25/h13-18,20-21H,3-12,19H2,1-2H3/t20-,21-. The molecule has 1 aliphatic carbocycles. The minimum Gasteiger partial charge on any atom is -0.493 e. The van der Waals surface area contributed by atoms with E-state index in [9.17, 15) is 0 Å². The summed E-state index contributed by atoms with van der Waals surface area (Å²) >= 11 is 0. The molecule has 0 amide bonds. The number of hydrogen-bond donors (Lipinski definition) is 0. The van der Waals surface area contributed by atoms with E-state index < -0.39 is 0 Å². The maximum absolute atomic E-state index is 6.09. The molecule has 28 heavy (non-hydrogen) atoms. The van der Waals surface area contributed by atoms with Crippen molar-refractivity contribution >= 4 is 0 Å². The summed E-state index contributed by atoms with van der Waals surface area (Å²) in [4.78, 5) is 9.05. The number of unbranched alkanes of at least 4 members (excludes halogenated alkanes) is 2. The van der Waals surface area contributed by atoms with E-state index in [1.54, 1.807) is 0 Å². The van der Waals surface area contributed by atoms with Gasteiger partial charge in [-0.25, -0.2) is 0 Å². The molecule has 0 radical (unpaired) electrons. The number of rotatable bonds is 10. The maximum Gasteiger partial charge on any atom is 0.119 e. The van der Waals surface area contributed by atoms with Crippen molar-refractivity contribution < 1.29 is 4.74 Å². The van der Waals surface area contributed by atoms with Crippen LogP contribution in [0.4, 0.5) is 0 Å². The van der Waals surface area contributed by atoms with Crippen molar-refractivity contribution in [1.29, 1.82) is 0 Å². The first kappa shape index (κ1) is 20.8.